The summed E-state index contributed by atoms with van der Waals surface area (Å²) < 4.78 is 5.51. The summed E-state index contributed by atoms with van der Waals surface area (Å²) in [7, 11) is 0. The molecule has 3 N–H and O–H groups in total. The predicted molar refractivity (Wildman–Crippen MR) is 58.5 cm³/mol. The van der Waals surface area contributed by atoms with Crippen LogP contribution in [0, 0.1) is 0 Å². The van der Waals surface area contributed by atoms with Gasteiger partial charge in [-0.15, -0.1) is 0 Å². The SMILES string of the molecule is CCNC(=O)CN1CC(CN)OCC1C. The van der Waals surface area contributed by atoms with Crippen LogP contribution < -0.4 is 11.1 Å². The molecule has 0 aromatic carbocycles. The zero-order chi connectivity index (χ0) is 11.3. The van der Waals surface area contributed by atoms with E-state index in [0.29, 0.717) is 26.2 Å². The van der Waals surface area contributed by atoms with Crippen molar-refractivity contribution in [1.29, 1.82) is 0 Å². The standard InChI is InChI=1S/C10H21N3O2/c1-3-12-10(14)6-13-5-9(4-11)15-7-8(13)2/h8-9H,3-7,11H2,1-2H3,(H,12,14). The van der Waals surface area contributed by atoms with Gasteiger partial charge in [-0.1, -0.05) is 0 Å². The van der Waals surface area contributed by atoms with Crippen LogP contribution in [0.4, 0.5) is 0 Å². The predicted octanol–water partition coefficient (Wildman–Crippen LogP) is -0.829. The highest BCUT2D eigenvalue weighted by molar-refractivity contribution is 5.77. The minimum Gasteiger partial charge on any atom is -0.374 e. The van der Waals surface area contributed by atoms with Crippen molar-refractivity contribution in [3.63, 3.8) is 0 Å². The summed E-state index contributed by atoms with van der Waals surface area (Å²) in [6.07, 6.45) is 0.0654. The highest BCUT2D eigenvalue weighted by Crippen LogP contribution is 2.10. The van der Waals surface area contributed by atoms with Crippen molar-refractivity contribution in [3.05, 3.63) is 0 Å². The third kappa shape index (κ3) is 3.77. The van der Waals surface area contributed by atoms with Crippen molar-refractivity contribution < 1.29 is 9.53 Å². The van der Waals surface area contributed by atoms with Crippen LogP contribution in [0.15, 0.2) is 0 Å². The van der Waals surface area contributed by atoms with Crippen LogP contribution in [0.1, 0.15) is 13.8 Å². The van der Waals surface area contributed by atoms with Crippen LogP contribution in [0.5, 0.6) is 0 Å². The lowest BCUT2D eigenvalue weighted by Crippen LogP contribution is -2.53. The fraction of sp³-hybridized carbons (Fsp3) is 0.900. The number of carbonyl (C=O) groups is 1. The topological polar surface area (TPSA) is 67.6 Å². The molecule has 1 rings (SSSR count). The van der Waals surface area contributed by atoms with Crippen molar-refractivity contribution in [1.82, 2.24) is 10.2 Å². The first-order valence-electron chi connectivity index (χ1n) is 5.49. The summed E-state index contributed by atoms with van der Waals surface area (Å²) in [5.74, 6) is 0.0713. The van der Waals surface area contributed by atoms with Gasteiger partial charge in [-0.25, -0.2) is 0 Å². The van der Waals surface area contributed by atoms with Gasteiger partial charge in [0.15, 0.2) is 0 Å². The van der Waals surface area contributed by atoms with Crippen molar-refractivity contribution in [2.45, 2.75) is 26.0 Å². The number of ether oxygens (including phenoxy) is 1. The Hall–Kier alpha value is -0.650. The molecule has 88 valence electrons. The van der Waals surface area contributed by atoms with Crippen LogP contribution in [0.3, 0.4) is 0 Å². The number of carbonyl (C=O) groups excluding carboxylic acids is 1. The zero-order valence-corrected chi connectivity index (χ0v) is 9.53. The Kier molecular flexibility index (Phi) is 5.01. The van der Waals surface area contributed by atoms with Crippen molar-refractivity contribution in [2.75, 3.05) is 32.8 Å². The molecular formula is C10H21N3O2. The minimum atomic E-state index is 0.0654. The first-order valence-corrected chi connectivity index (χ1v) is 5.49. The molecule has 0 spiro atoms. The molecule has 1 amide bonds. The Balaban J connectivity index is 2.40. The largest absolute Gasteiger partial charge is 0.374 e. The van der Waals surface area contributed by atoms with Gasteiger partial charge in [-0.2, -0.15) is 0 Å². The summed E-state index contributed by atoms with van der Waals surface area (Å²) in [6.45, 7) is 7.01. The quantitative estimate of drug-likeness (QED) is 0.642. The fourth-order valence-electron chi connectivity index (χ4n) is 1.68. The van der Waals surface area contributed by atoms with E-state index in [1.165, 1.54) is 0 Å². The second kappa shape index (κ2) is 6.05. The second-order valence-corrected chi connectivity index (χ2v) is 3.92. The average Bonchev–Trinajstić information content (AvgIpc) is 2.21. The number of rotatable bonds is 4. The van der Waals surface area contributed by atoms with Gasteiger partial charge in [0.1, 0.15) is 0 Å². The molecular weight excluding hydrogens is 194 g/mol. The van der Waals surface area contributed by atoms with Gasteiger partial charge < -0.3 is 15.8 Å². The molecule has 0 radical (unpaired) electrons. The maximum atomic E-state index is 11.4. The van der Waals surface area contributed by atoms with Gasteiger partial charge in [0, 0.05) is 25.7 Å². The van der Waals surface area contributed by atoms with E-state index in [2.05, 4.69) is 17.1 Å². The molecule has 1 fully saturated rings. The Morgan fingerprint density at radius 2 is 2.40 bits per heavy atom. The van der Waals surface area contributed by atoms with E-state index >= 15 is 0 Å². The zero-order valence-electron chi connectivity index (χ0n) is 9.53. The molecule has 1 heterocycles. The molecule has 1 aliphatic rings. The molecule has 2 unspecified atom stereocenters. The number of nitrogens with one attached hydrogen (secondary N) is 1. The Labute approximate surface area is 90.9 Å². The normalized spacial score (nSPS) is 27.7. The molecule has 2 atom stereocenters. The molecule has 0 saturated carbocycles. The smallest absolute Gasteiger partial charge is 0.234 e. The number of likely N-dealkylation sites (N-methyl/N-ethyl adjacent to an activating group) is 1. The van der Waals surface area contributed by atoms with Crippen molar-refractivity contribution in [2.24, 2.45) is 5.73 Å². The summed E-state index contributed by atoms with van der Waals surface area (Å²) in [4.78, 5) is 13.5. The summed E-state index contributed by atoms with van der Waals surface area (Å²) in [6, 6.07) is 0.287. The highest BCUT2D eigenvalue weighted by Gasteiger charge is 2.26. The van der Waals surface area contributed by atoms with Gasteiger partial charge in [-0.3, -0.25) is 9.69 Å². The summed E-state index contributed by atoms with van der Waals surface area (Å²) >= 11 is 0. The van der Waals surface area contributed by atoms with E-state index in [4.69, 9.17) is 10.5 Å². The lowest BCUT2D eigenvalue weighted by molar-refractivity contribution is -0.126. The molecule has 5 heteroatoms. The molecule has 1 saturated heterocycles. The third-order valence-electron chi connectivity index (χ3n) is 2.62. The second-order valence-electron chi connectivity index (χ2n) is 3.92. The minimum absolute atomic E-state index is 0.0654. The number of amides is 1. The molecule has 15 heavy (non-hydrogen) atoms. The Bertz CT molecular complexity index is 211. The van der Waals surface area contributed by atoms with Crippen LogP contribution in [-0.4, -0.2) is 55.7 Å². The highest BCUT2D eigenvalue weighted by atomic mass is 16.5. The average molecular weight is 215 g/mol. The van der Waals surface area contributed by atoms with Gasteiger partial charge in [-0.05, 0) is 13.8 Å². The first kappa shape index (κ1) is 12.4. The maximum Gasteiger partial charge on any atom is 0.234 e. The van der Waals surface area contributed by atoms with E-state index in [1.54, 1.807) is 0 Å². The third-order valence-corrected chi connectivity index (χ3v) is 2.62. The molecule has 0 aliphatic carbocycles. The van der Waals surface area contributed by atoms with Crippen molar-refractivity contribution in [3.8, 4) is 0 Å². The number of morpholine rings is 1. The maximum absolute atomic E-state index is 11.4. The number of hydrogen-bond acceptors (Lipinski definition) is 4. The molecule has 0 aromatic heterocycles. The van der Waals surface area contributed by atoms with Crippen LogP contribution >= 0.6 is 0 Å². The van der Waals surface area contributed by atoms with Crippen LogP contribution in [0.25, 0.3) is 0 Å². The van der Waals surface area contributed by atoms with E-state index < -0.39 is 0 Å². The van der Waals surface area contributed by atoms with Gasteiger partial charge in [0.2, 0.25) is 5.91 Å². The first-order chi connectivity index (χ1) is 7.17. The monoisotopic (exact) mass is 215 g/mol. The van der Waals surface area contributed by atoms with Crippen LogP contribution in [0.2, 0.25) is 0 Å². The summed E-state index contributed by atoms with van der Waals surface area (Å²) in [5, 5.41) is 2.79. The Morgan fingerprint density at radius 1 is 1.67 bits per heavy atom. The van der Waals surface area contributed by atoms with Crippen LogP contribution in [-0.2, 0) is 9.53 Å². The molecule has 0 aromatic rings. The number of nitrogens with two attached hydrogens (primary N) is 1. The van der Waals surface area contributed by atoms with E-state index in [-0.39, 0.29) is 18.1 Å². The number of hydrogen-bond donors (Lipinski definition) is 2. The molecule has 5 nitrogen and oxygen atoms in total. The molecule has 0 bridgehead atoms. The Morgan fingerprint density at radius 3 is 3.00 bits per heavy atom. The van der Waals surface area contributed by atoms with E-state index in [0.717, 1.165) is 6.54 Å². The molecule has 1 aliphatic heterocycles. The van der Waals surface area contributed by atoms with E-state index in [9.17, 15) is 4.79 Å². The number of nitrogens with zero attached hydrogens (tertiary/aromatic N) is 1. The lowest BCUT2D eigenvalue weighted by atomic mass is 10.2. The van der Waals surface area contributed by atoms with E-state index in [1.807, 2.05) is 6.92 Å². The summed E-state index contributed by atoms with van der Waals surface area (Å²) in [5.41, 5.74) is 5.55. The van der Waals surface area contributed by atoms with Gasteiger partial charge in [0.05, 0.1) is 19.3 Å². The lowest BCUT2D eigenvalue weighted by Gasteiger charge is -2.37. The van der Waals surface area contributed by atoms with Gasteiger partial charge >= 0.3 is 0 Å². The van der Waals surface area contributed by atoms with Gasteiger partial charge in [0.25, 0.3) is 0 Å². The van der Waals surface area contributed by atoms with Crippen molar-refractivity contribution >= 4 is 5.91 Å². The fourth-order valence-corrected chi connectivity index (χ4v) is 1.68.